The van der Waals surface area contributed by atoms with Crippen molar-refractivity contribution in [1.29, 1.82) is 0 Å². The third-order valence-corrected chi connectivity index (χ3v) is 3.73. The van der Waals surface area contributed by atoms with Gasteiger partial charge in [-0.2, -0.15) is 13.2 Å². The summed E-state index contributed by atoms with van der Waals surface area (Å²) in [7, 11) is 0. The molecule has 0 bridgehead atoms. The summed E-state index contributed by atoms with van der Waals surface area (Å²) in [5.74, 6) is 0. The number of hydrogen-bond acceptors (Lipinski definition) is 3. The maximum atomic E-state index is 12.2. The van der Waals surface area contributed by atoms with Crippen LogP contribution in [0.15, 0.2) is 0 Å². The molecule has 18 heavy (non-hydrogen) atoms. The number of piperazine rings is 1. The van der Waals surface area contributed by atoms with Crippen LogP contribution in [0.3, 0.4) is 0 Å². The summed E-state index contributed by atoms with van der Waals surface area (Å²) < 4.78 is 36.7. The van der Waals surface area contributed by atoms with Gasteiger partial charge in [0, 0.05) is 38.8 Å². The average Bonchev–Trinajstić information content (AvgIpc) is 2.18. The van der Waals surface area contributed by atoms with E-state index >= 15 is 0 Å². The second kappa shape index (κ2) is 5.75. The third kappa shape index (κ3) is 5.12. The minimum Gasteiger partial charge on any atom is -0.327 e. The van der Waals surface area contributed by atoms with Crippen LogP contribution in [0, 0.1) is 5.41 Å². The summed E-state index contributed by atoms with van der Waals surface area (Å²) in [6.45, 7) is 8.54. The Labute approximate surface area is 107 Å². The molecule has 1 saturated heterocycles. The van der Waals surface area contributed by atoms with E-state index in [1.807, 2.05) is 6.92 Å². The molecule has 0 amide bonds. The monoisotopic (exact) mass is 267 g/mol. The number of hydrogen-bond donors (Lipinski definition) is 1. The number of nitrogens with zero attached hydrogens (tertiary/aromatic N) is 2. The summed E-state index contributed by atoms with van der Waals surface area (Å²) in [5.41, 5.74) is 5.90. The Balaban J connectivity index is 2.36. The fraction of sp³-hybridized carbons (Fsp3) is 1.00. The summed E-state index contributed by atoms with van der Waals surface area (Å²) in [5, 5.41) is 0. The Morgan fingerprint density at radius 3 is 1.72 bits per heavy atom. The maximum absolute atomic E-state index is 12.2. The van der Waals surface area contributed by atoms with Crippen molar-refractivity contribution in [2.24, 2.45) is 11.1 Å². The molecule has 1 unspecified atom stereocenters. The van der Waals surface area contributed by atoms with E-state index in [9.17, 15) is 13.2 Å². The van der Waals surface area contributed by atoms with Crippen LogP contribution in [0.4, 0.5) is 13.2 Å². The molecule has 6 heteroatoms. The molecule has 0 aliphatic carbocycles. The summed E-state index contributed by atoms with van der Waals surface area (Å²) in [6, 6.07) is 0.0747. The fourth-order valence-corrected chi connectivity index (χ4v) is 2.08. The molecule has 108 valence electrons. The minimum atomic E-state index is -4.09. The SMILES string of the molecule is CC(N)C(C)(C)CN1CCN(CC(F)(F)F)CC1. The number of alkyl halides is 3. The molecular formula is C12H24F3N3. The van der Waals surface area contributed by atoms with Gasteiger partial charge in [0.25, 0.3) is 0 Å². The standard InChI is InChI=1S/C12H24F3N3/c1-10(16)11(2,3)8-17-4-6-18(7-5-17)9-12(13,14)15/h10H,4-9,16H2,1-3H3. The van der Waals surface area contributed by atoms with E-state index in [1.54, 1.807) is 0 Å². The topological polar surface area (TPSA) is 32.5 Å². The zero-order valence-corrected chi connectivity index (χ0v) is 11.4. The van der Waals surface area contributed by atoms with Gasteiger partial charge in [0.2, 0.25) is 0 Å². The highest BCUT2D eigenvalue weighted by Gasteiger charge is 2.33. The molecule has 0 radical (unpaired) electrons. The molecular weight excluding hydrogens is 243 g/mol. The van der Waals surface area contributed by atoms with Crippen molar-refractivity contribution >= 4 is 0 Å². The van der Waals surface area contributed by atoms with Gasteiger partial charge in [-0.3, -0.25) is 4.90 Å². The molecule has 1 rings (SSSR count). The van der Waals surface area contributed by atoms with Crippen molar-refractivity contribution in [3.8, 4) is 0 Å². The molecule has 0 aromatic heterocycles. The lowest BCUT2D eigenvalue weighted by atomic mass is 9.85. The largest absolute Gasteiger partial charge is 0.401 e. The van der Waals surface area contributed by atoms with E-state index in [-0.39, 0.29) is 11.5 Å². The predicted octanol–water partition coefficient (Wildman–Crippen LogP) is 1.54. The van der Waals surface area contributed by atoms with E-state index in [4.69, 9.17) is 5.73 Å². The van der Waals surface area contributed by atoms with Crippen LogP contribution < -0.4 is 5.73 Å². The van der Waals surface area contributed by atoms with Gasteiger partial charge in [0.1, 0.15) is 0 Å². The molecule has 1 atom stereocenters. The lowest BCUT2D eigenvalue weighted by Crippen LogP contribution is -2.53. The molecule has 3 nitrogen and oxygen atoms in total. The lowest BCUT2D eigenvalue weighted by Gasteiger charge is -2.40. The van der Waals surface area contributed by atoms with Crippen molar-refractivity contribution in [3.05, 3.63) is 0 Å². The highest BCUT2D eigenvalue weighted by molar-refractivity contribution is 4.84. The number of rotatable bonds is 4. The average molecular weight is 267 g/mol. The Kier molecular flexibility index (Phi) is 5.03. The number of nitrogens with two attached hydrogens (primary N) is 1. The smallest absolute Gasteiger partial charge is 0.327 e. The van der Waals surface area contributed by atoms with E-state index in [0.717, 1.165) is 6.54 Å². The first kappa shape index (κ1) is 15.7. The second-order valence-corrected chi connectivity index (χ2v) is 5.94. The minimum absolute atomic E-state index is 0.00774. The van der Waals surface area contributed by atoms with Gasteiger partial charge in [-0.1, -0.05) is 13.8 Å². The van der Waals surface area contributed by atoms with Crippen LogP contribution in [0.25, 0.3) is 0 Å². The lowest BCUT2D eigenvalue weighted by molar-refractivity contribution is -0.149. The molecule has 0 saturated carbocycles. The van der Waals surface area contributed by atoms with Gasteiger partial charge in [-0.15, -0.1) is 0 Å². The van der Waals surface area contributed by atoms with Gasteiger partial charge in [0.15, 0.2) is 0 Å². The van der Waals surface area contributed by atoms with E-state index in [0.29, 0.717) is 26.2 Å². The molecule has 0 aromatic carbocycles. The zero-order valence-electron chi connectivity index (χ0n) is 11.4. The van der Waals surface area contributed by atoms with Crippen molar-refractivity contribution in [2.75, 3.05) is 39.3 Å². The Hall–Kier alpha value is -0.330. The summed E-state index contributed by atoms with van der Waals surface area (Å²) in [6.07, 6.45) is -4.09. The van der Waals surface area contributed by atoms with Crippen molar-refractivity contribution < 1.29 is 13.2 Å². The van der Waals surface area contributed by atoms with Gasteiger partial charge in [-0.05, 0) is 12.3 Å². The zero-order chi connectivity index (χ0) is 14.0. The normalized spacial score (nSPS) is 22.2. The molecule has 0 spiro atoms. The summed E-state index contributed by atoms with van der Waals surface area (Å²) >= 11 is 0. The maximum Gasteiger partial charge on any atom is 0.401 e. The van der Waals surface area contributed by atoms with Crippen LogP contribution >= 0.6 is 0 Å². The first-order valence-corrected chi connectivity index (χ1v) is 6.37. The third-order valence-electron chi connectivity index (χ3n) is 3.73. The molecule has 2 N–H and O–H groups in total. The van der Waals surface area contributed by atoms with Gasteiger partial charge < -0.3 is 10.6 Å². The molecule has 0 aromatic rings. The first-order valence-electron chi connectivity index (χ1n) is 6.37. The van der Waals surface area contributed by atoms with Gasteiger partial charge >= 0.3 is 6.18 Å². The molecule has 1 fully saturated rings. The van der Waals surface area contributed by atoms with Crippen molar-refractivity contribution in [3.63, 3.8) is 0 Å². The highest BCUT2D eigenvalue weighted by Crippen LogP contribution is 2.22. The van der Waals surface area contributed by atoms with Crippen LogP contribution in [-0.4, -0.2) is 61.3 Å². The Morgan fingerprint density at radius 1 is 1.00 bits per heavy atom. The van der Waals surface area contributed by atoms with Crippen LogP contribution in [0.1, 0.15) is 20.8 Å². The van der Waals surface area contributed by atoms with Crippen molar-refractivity contribution in [2.45, 2.75) is 33.0 Å². The number of halogens is 3. The van der Waals surface area contributed by atoms with E-state index in [2.05, 4.69) is 18.7 Å². The van der Waals surface area contributed by atoms with Crippen molar-refractivity contribution in [1.82, 2.24) is 9.80 Å². The molecule has 1 heterocycles. The van der Waals surface area contributed by atoms with Crippen LogP contribution in [-0.2, 0) is 0 Å². The van der Waals surface area contributed by atoms with E-state index < -0.39 is 12.7 Å². The highest BCUT2D eigenvalue weighted by atomic mass is 19.4. The fourth-order valence-electron chi connectivity index (χ4n) is 2.08. The summed E-state index contributed by atoms with van der Waals surface area (Å²) in [4.78, 5) is 3.67. The van der Waals surface area contributed by atoms with Gasteiger partial charge in [0.05, 0.1) is 6.54 Å². The van der Waals surface area contributed by atoms with Crippen LogP contribution in [0.5, 0.6) is 0 Å². The first-order chi connectivity index (χ1) is 8.10. The van der Waals surface area contributed by atoms with Crippen LogP contribution in [0.2, 0.25) is 0 Å². The van der Waals surface area contributed by atoms with E-state index in [1.165, 1.54) is 4.90 Å². The quantitative estimate of drug-likeness (QED) is 0.838. The Morgan fingerprint density at radius 2 is 1.39 bits per heavy atom. The van der Waals surface area contributed by atoms with Gasteiger partial charge in [-0.25, -0.2) is 0 Å². The Bertz CT molecular complexity index is 256. The molecule has 1 aliphatic rings. The predicted molar refractivity (Wildman–Crippen MR) is 66.4 cm³/mol. The second-order valence-electron chi connectivity index (χ2n) is 5.94. The molecule has 1 aliphatic heterocycles.